The molecule has 0 atom stereocenters. The molecule has 0 fully saturated rings. The second kappa shape index (κ2) is 6.07. The Hall–Kier alpha value is -0.840. The van der Waals surface area contributed by atoms with Crippen molar-refractivity contribution < 1.29 is 4.79 Å². The first-order valence-electron chi connectivity index (χ1n) is 5.50. The van der Waals surface area contributed by atoms with Crippen LogP contribution in [-0.2, 0) is 0 Å². The molecule has 0 heterocycles. The van der Waals surface area contributed by atoms with E-state index >= 15 is 0 Å². The molecule has 2 nitrogen and oxygen atoms in total. The van der Waals surface area contributed by atoms with Gasteiger partial charge in [0.15, 0.2) is 0 Å². The van der Waals surface area contributed by atoms with Crippen LogP contribution in [0.25, 0.3) is 0 Å². The van der Waals surface area contributed by atoms with E-state index in [0.717, 1.165) is 10.0 Å². The molecule has 0 bridgehead atoms. The molecule has 19 heavy (non-hydrogen) atoms. The minimum atomic E-state index is -0.177. The smallest absolute Gasteiger partial charge is 0.255 e. The van der Waals surface area contributed by atoms with Gasteiger partial charge in [0, 0.05) is 10.0 Å². The number of benzene rings is 2. The number of carbonyl (C=O) groups is 1. The van der Waals surface area contributed by atoms with Gasteiger partial charge in [-0.3, -0.25) is 4.79 Å². The molecule has 5 heteroatoms. The van der Waals surface area contributed by atoms with E-state index in [1.165, 1.54) is 0 Å². The Bertz CT molecular complexity index is 643. The molecule has 1 amide bonds. The van der Waals surface area contributed by atoms with Crippen LogP contribution in [0.2, 0.25) is 5.02 Å². The van der Waals surface area contributed by atoms with Crippen LogP contribution in [0.4, 0.5) is 5.69 Å². The monoisotopic (exact) mass is 401 g/mol. The highest BCUT2D eigenvalue weighted by atomic mass is 79.9. The van der Waals surface area contributed by atoms with E-state index < -0.39 is 0 Å². The Morgan fingerprint density at radius 1 is 1.21 bits per heavy atom. The van der Waals surface area contributed by atoms with Crippen molar-refractivity contribution in [1.29, 1.82) is 0 Å². The van der Waals surface area contributed by atoms with Gasteiger partial charge in [0.2, 0.25) is 0 Å². The van der Waals surface area contributed by atoms with Crippen molar-refractivity contribution in [2.45, 2.75) is 6.92 Å². The third-order valence-electron chi connectivity index (χ3n) is 2.63. The number of amides is 1. The van der Waals surface area contributed by atoms with Crippen molar-refractivity contribution in [1.82, 2.24) is 0 Å². The minimum absolute atomic E-state index is 0.177. The molecule has 0 saturated carbocycles. The van der Waals surface area contributed by atoms with Crippen molar-refractivity contribution in [3.8, 4) is 0 Å². The lowest BCUT2D eigenvalue weighted by Gasteiger charge is -2.09. The summed E-state index contributed by atoms with van der Waals surface area (Å²) in [5.74, 6) is -0.177. The summed E-state index contributed by atoms with van der Waals surface area (Å²) in [7, 11) is 0. The molecule has 1 N–H and O–H groups in total. The SMILES string of the molecule is Cc1ccc(C(=O)Nc2cccc(Cl)c2Br)cc1Br. The van der Waals surface area contributed by atoms with Crippen LogP contribution in [0.1, 0.15) is 15.9 Å². The van der Waals surface area contributed by atoms with Gasteiger partial charge in [-0.15, -0.1) is 0 Å². The van der Waals surface area contributed by atoms with Crippen molar-refractivity contribution >= 4 is 55.1 Å². The molecule has 2 aromatic carbocycles. The predicted molar refractivity (Wildman–Crippen MR) is 86.0 cm³/mol. The molecular weight excluding hydrogens is 393 g/mol. The molecule has 0 aliphatic rings. The third kappa shape index (κ3) is 3.38. The maximum Gasteiger partial charge on any atom is 0.255 e. The van der Waals surface area contributed by atoms with Gasteiger partial charge < -0.3 is 5.32 Å². The second-order valence-electron chi connectivity index (χ2n) is 4.02. The highest BCUT2D eigenvalue weighted by Crippen LogP contribution is 2.30. The zero-order valence-corrected chi connectivity index (χ0v) is 13.9. The molecule has 2 aromatic rings. The minimum Gasteiger partial charge on any atom is -0.321 e. The maximum atomic E-state index is 12.1. The van der Waals surface area contributed by atoms with Gasteiger partial charge in [-0.1, -0.05) is 39.7 Å². The molecule has 0 saturated heterocycles. The van der Waals surface area contributed by atoms with Crippen LogP contribution in [-0.4, -0.2) is 5.91 Å². The molecule has 98 valence electrons. The molecule has 0 spiro atoms. The highest BCUT2D eigenvalue weighted by Gasteiger charge is 2.10. The first-order chi connectivity index (χ1) is 8.99. The molecule has 0 aliphatic heterocycles. The number of carbonyl (C=O) groups excluding carboxylic acids is 1. The van der Waals surface area contributed by atoms with Crippen molar-refractivity contribution in [2.24, 2.45) is 0 Å². The van der Waals surface area contributed by atoms with Crippen LogP contribution >= 0.6 is 43.5 Å². The van der Waals surface area contributed by atoms with Crippen molar-refractivity contribution in [3.63, 3.8) is 0 Å². The Labute approximate surface area is 133 Å². The summed E-state index contributed by atoms with van der Waals surface area (Å²) >= 11 is 12.8. The van der Waals surface area contributed by atoms with Gasteiger partial charge >= 0.3 is 0 Å². The molecule has 0 unspecified atom stereocenters. The van der Waals surface area contributed by atoms with Gasteiger partial charge in [0.1, 0.15) is 0 Å². The van der Waals surface area contributed by atoms with Crippen LogP contribution in [0.3, 0.4) is 0 Å². The summed E-state index contributed by atoms with van der Waals surface area (Å²) in [5.41, 5.74) is 2.32. The normalized spacial score (nSPS) is 10.3. The standard InChI is InChI=1S/C14H10Br2ClNO/c1-8-5-6-9(7-10(8)15)14(19)18-12-4-2-3-11(17)13(12)16/h2-7H,1H3,(H,18,19). The summed E-state index contributed by atoms with van der Waals surface area (Å²) in [6, 6.07) is 10.8. The average molecular weight is 404 g/mol. The third-order valence-corrected chi connectivity index (χ3v) is 4.89. The Morgan fingerprint density at radius 3 is 2.63 bits per heavy atom. The van der Waals surface area contributed by atoms with Gasteiger partial charge in [0.05, 0.1) is 15.2 Å². The number of rotatable bonds is 2. The average Bonchev–Trinajstić information content (AvgIpc) is 2.38. The van der Waals surface area contributed by atoms with Crippen molar-refractivity contribution in [3.05, 3.63) is 61.5 Å². The summed E-state index contributed by atoms with van der Waals surface area (Å²) < 4.78 is 1.58. The van der Waals surface area contributed by atoms with Crippen LogP contribution in [0.5, 0.6) is 0 Å². The zero-order valence-electron chi connectivity index (χ0n) is 10.0. The lowest BCUT2D eigenvalue weighted by atomic mass is 10.1. The Morgan fingerprint density at radius 2 is 1.95 bits per heavy atom. The molecule has 0 aliphatic carbocycles. The first-order valence-corrected chi connectivity index (χ1v) is 7.47. The molecular formula is C14H10Br2ClNO. The Kier molecular flexibility index (Phi) is 4.66. The van der Waals surface area contributed by atoms with Crippen LogP contribution in [0, 0.1) is 6.92 Å². The van der Waals surface area contributed by atoms with E-state index in [4.69, 9.17) is 11.6 Å². The maximum absolute atomic E-state index is 12.1. The summed E-state index contributed by atoms with van der Waals surface area (Å²) in [5, 5.41) is 3.38. The van der Waals surface area contributed by atoms with Crippen LogP contribution < -0.4 is 5.32 Å². The van der Waals surface area contributed by atoms with Crippen LogP contribution in [0.15, 0.2) is 45.3 Å². The lowest BCUT2D eigenvalue weighted by molar-refractivity contribution is 0.102. The van der Waals surface area contributed by atoms with E-state index in [9.17, 15) is 4.79 Å². The van der Waals surface area contributed by atoms with Gasteiger partial charge in [0.25, 0.3) is 5.91 Å². The number of anilines is 1. The van der Waals surface area contributed by atoms with E-state index in [1.54, 1.807) is 30.3 Å². The van der Waals surface area contributed by atoms with Gasteiger partial charge in [-0.25, -0.2) is 0 Å². The topological polar surface area (TPSA) is 29.1 Å². The fourth-order valence-corrected chi connectivity index (χ4v) is 2.45. The van der Waals surface area contributed by atoms with Crippen molar-refractivity contribution in [2.75, 3.05) is 5.32 Å². The van der Waals surface area contributed by atoms with Gasteiger partial charge in [-0.2, -0.15) is 0 Å². The largest absolute Gasteiger partial charge is 0.321 e. The predicted octanol–water partition coefficient (Wildman–Crippen LogP) is 5.43. The summed E-state index contributed by atoms with van der Waals surface area (Å²) in [4.78, 5) is 12.1. The van der Waals surface area contributed by atoms with E-state index in [0.29, 0.717) is 20.7 Å². The molecule has 0 radical (unpaired) electrons. The zero-order chi connectivity index (χ0) is 14.0. The summed E-state index contributed by atoms with van der Waals surface area (Å²) in [6.07, 6.45) is 0. The van der Waals surface area contributed by atoms with Gasteiger partial charge in [-0.05, 0) is 52.7 Å². The highest BCUT2D eigenvalue weighted by molar-refractivity contribution is 9.11. The second-order valence-corrected chi connectivity index (χ2v) is 6.07. The number of hydrogen-bond acceptors (Lipinski definition) is 1. The first kappa shape index (κ1) is 14.6. The van der Waals surface area contributed by atoms with E-state index in [-0.39, 0.29) is 5.91 Å². The Balaban J connectivity index is 2.26. The quantitative estimate of drug-likeness (QED) is 0.712. The summed E-state index contributed by atoms with van der Waals surface area (Å²) in [6.45, 7) is 1.97. The number of halogens is 3. The fourth-order valence-electron chi connectivity index (χ4n) is 1.53. The molecule has 0 aromatic heterocycles. The number of hydrogen-bond donors (Lipinski definition) is 1. The lowest BCUT2D eigenvalue weighted by Crippen LogP contribution is -2.12. The van der Waals surface area contributed by atoms with E-state index in [2.05, 4.69) is 37.2 Å². The fraction of sp³-hybridized carbons (Fsp3) is 0.0714. The number of nitrogens with one attached hydrogen (secondary N) is 1. The number of aryl methyl sites for hydroxylation is 1. The molecule has 2 rings (SSSR count). The van der Waals surface area contributed by atoms with E-state index in [1.807, 2.05) is 13.0 Å².